The van der Waals surface area contributed by atoms with E-state index in [1.807, 2.05) is 0 Å². The van der Waals surface area contributed by atoms with Crippen molar-refractivity contribution in [2.24, 2.45) is 0 Å². The summed E-state index contributed by atoms with van der Waals surface area (Å²) in [6.07, 6.45) is 25.1. The normalized spacial score (nSPS) is 19.8. The third-order valence-electron chi connectivity index (χ3n) is 18.4. The van der Waals surface area contributed by atoms with Crippen molar-refractivity contribution in [2.45, 2.75) is 89.9 Å². The minimum atomic E-state index is -3.25. The molecule has 0 unspecified atom stereocenters. The second kappa shape index (κ2) is 50.9. The van der Waals surface area contributed by atoms with Gasteiger partial charge in [-0.15, -0.1) is 0 Å². The Labute approximate surface area is 639 Å². The Morgan fingerprint density at radius 2 is 0.308 bits per heavy atom. The molecule has 0 radical (unpaired) electrons. The Morgan fingerprint density at radius 1 is 0.234 bits per heavy atom. The number of hydrogen-bond acceptors (Lipinski definition) is 32. The molecular formula is C60H126BN7O32S7. The number of quaternary nitrogens is 7. The lowest BCUT2D eigenvalue weighted by Crippen LogP contribution is -2.56. The first-order chi connectivity index (χ1) is 48.4. The van der Waals surface area contributed by atoms with Crippen LogP contribution in [0, 0.1) is 0 Å². The van der Waals surface area contributed by atoms with E-state index >= 15 is 0 Å². The lowest BCUT2D eigenvalue weighted by molar-refractivity contribution is -0.897. The van der Waals surface area contributed by atoms with E-state index < -0.39 is 102 Å². The van der Waals surface area contributed by atoms with Gasteiger partial charge in [-0.2, -0.15) is 58.9 Å². The number of carboxylic acid groups (broad SMARTS) is 4. The van der Waals surface area contributed by atoms with Crippen LogP contribution < -0.4 is 35.5 Å². The van der Waals surface area contributed by atoms with Crippen LogP contribution in [0.15, 0.2) is 0 Å². The zero-order valence-corrected chi connectivity index (χ0v) is 71.0. The van der Waals surface area contributed by atoms with Crippen molar-refractivity contribution < 1.29 is 174 Å². The number of carbonyl (C=O) groups is 4. The van der Waals surface area contributed by atoms with Gasteiger partial charge >= 0.3 is 0 Å². The van der Waals surface area contributed by atoms with Gasteiger partial charge in [0.1, 0.15) is 92.1 Å². The fourth-order valence-corrected chi connectivity index (χ4v) is 14.8. The van der Waals surface area contributed by atoms with Crippen molar-refractivity contribution in [2.75, 3.05) is 277 Å². The van der Waals surface area contributed by atoms with Crippen LogP contribution in [0.3, 0.4) is 0 Å². The van der Waals surface area contributed by atoms with Crippen molar-refractivity contribution in [3.63, 3.8) is 0 Å². The highest BCUT2D eigenvalue weighted by Crippen LogP contribution is 2.21. The first kappa shape index (κ1) is 108. The molecule has 39 nitrogen and oxygen atoms in total. The van der Waals surface area contributed by atoms with Crippen LogP contribution >= 0.6 is 0 Å². The summed E-state index contributed by atoms with van der Waals surface area (Å²) < 4.78 is 189. The predicted octanol–water partition coefficient (Wildman–Crippen LogP) is -9.55. The van der Waals surface area contributed by atoms with E-state index in [0.717, 1.165) is 213 Å². The second-order valence-electron chi connectivity index (χ2n) is 29.6. The van der Waals surface area contributed by atoms with Crippen molar-refractivity contribution in [1.82, 2.24) is 0 Å². The summed E-state index contributed by atoms with van der Waals surface area (Å²) >= 11 is 0. The molecule has 7 rings (SSSR count). The zero-order chi connectivity index (χ0) is 83.5. The Bertz CT molecular complexity index is 2790. The van der Waals surface area contributed by atoms with Gasteiger partial charge in [0, 0.05) is 89.9 Å². The summed E-state index contributed by atoms with van der Waals surface area (Å²) in [5.74, 6) is -8.74. The molecule has 7 saturated heterocycles. The van der Waals surface area contributed by atoms with Gasteiger partial charge in [-0.25, -0.2) is 0 Å². The number of carboxylic acids is 4. The van der Waals surface area contributed by atoms with Crippen molar-refractivity contribution in [3.05, 3.63) is 0 Å². The van der Waals surface area contributed by atoms with E-state index in [9.17, 15) is 58.9 Å². The molecular weight excluding hydrogens is 1570 g/mol. The van der Waals surface area contributed by atoms with Crippen LogP contribution in [-0.2, 0) is 119 Å². The maximum Gasteiger partial charge on any atom is 0.264 e. The van der Waals surface area contributed by atoms with Crippen LogP contribution in [0.2, 0.25) is 0 Å². The zero-order valence-electron chi connectivity index (χ0n) is 65.3. The van der Waals surface area contributed by atoms with Crippen LogP contribution in [-0.4, -0.2) is 398 Å². The smallest absolute Gasteiger partial charge is 0.264 e. The van der Waals surface area contributed by atoms with Gasteiger partial charge in [-0.1, -0.05) is 0 Å². The van der Waals surface area contributed by atoms with E-state index in [1.165, 1.54) is 89.9 Å². The van der Waals surface area contributed by atoms with E-state index in [-0.39, 0.29) is 0 Å². The molecule has 7 aliphatic rings. The highest BCUT2D eigenvalue weighted by Gasteiger charge is 2.32. The molecule has 0 bridgehead atoms. The predicted molar refractivity (Wildman–Crippen MR) is 381 cm³/mol. The topological polar surface area (TPSA) is 533 Å². The standard InChI is InChI=1S/7C8H18NO3S.2C2H2O4.BO3/c7*1-9(5-3-4-6-9)7-8-12-13(2,10)11;2*3-1(4)2(5)6;2-1(3)4/h7*3-8H2,1-2H3;2*(H,3,4)(H,5,6);/q7*+1;;;-3/p-4. The van der Waals surface area contributed by atoms with Crippen molar-refractivity contribution >= 4 is 102 Å². The first-order valence-corrected chi connectivity index (χ1v) is 47.7. The van der Waals surface area contributed by atoms with Crippen molar-refractivity contribution in [3.8, 4) is 0 Å². The monoisotopic (exact) mass is 1690 g/mol. The number of likely N-dealkylation sites (tertiary alicyclic amines) is 7. The van der Waals surface area contributed by atoms with E-state index in [2.05, 4.69) is 49.3 Å². The number of likely N-dealkylation sites (N-methyl/N-ethyl adjacent to an activating group) is 7. The molecule has 0 aromatic heterocycles. The third kappa shape index (κ3) is 68.3. The van der Waals surface area contributed by atoms with Gasteiger partial charge in [0.05, 0.1) is 209 Å². The molecule has 47 heteroatoms. The number of nitrogens with zero attached hydrogens (tertiary/aromatic N) is 7. The van der Waals surface area contributed by atoms with Gasteiger partial charge in [-0.3, -0.25) is 36.6 Å². The lowest BCUT2D eigenvalue weighted by atomic mass is 10.3. The molecule has 0 aliphatic carbocycles. The summed E-state index contributed by atoms with van der Waals surface area (Å²) in [6, 6.07) is 0. The maximum atomic E-state index is 10.7. The van der Waals surface area contributed by atoms with Crippen LogP contribution in [0.1, 0.15) is 89.9 Å². The molecule has 107 heavy (non-hydrogen) atoms. The number of aliphatic carboxylic acids is 4. The number of carbonyl (C=O) groups excluding carboxylic acids is 4. The largest absolute Gasteiger partial charge is 0.907 e. The molecule has 0 aromatic rings. The Morgan fingerprint density at radius 3 is 0.364 bits per heavy atom. The van der Waals surface area contributed by atoms with Crippen molar-refractivity contribution in [1.29, 1.82) is 0 Å². The molecule has 0 amide bonds. The van der Waals surface area contributed by atoms with Gasteiger partial charge in [-0.05, 0) is 0 Å². The lowest BCUT2D eigenvalue weighted by Gasteiger charge is -2.35. The molecule has 7 aliphatic heterocycles. The quantitative estimate of drug-likeness (QED) is 0.0304. The van der Waals surface area contributed by atoms with Crippen LogP contribution in [0.25, 0.3) is 0 Å². The highest BCUT2D eigenvalue weighted by molar-refractivity contribution is 7.87. The fourth-order valence-electron chi connectivity index (χ4n) is 12.1. The van der Waals surface area contributed by atoms with Gasteiger partial charge in [0.2, 0.25) is 0 Å². The maximum absolute atomic E-state index is 10.7. The van der Waals surface area contributed by atoms with Crippen LogP contribution in [0.4, 0.5) is 0 Å². The summed E-state index contributed by atoms with van der Waals surface area (Å²) in [4.78, 5) is 35.7. The fraction of sp³-hybridized carbons (Fsp3) is 0.933. The Kier molecular flexibility index (Phi) is 51.4. The van der Waals surface area contributed by atoms with E-state index in [0.29, 0.717) is 46.2 Å². The van der Waals surface area contributed by atoms with E-state index in [1.54, 1.807) is 0 Å². The van der Waals surface area contributed by atoms with Gasteiger partial charge < -0.3 is 86.1 Å². The third-order valence-corrected chi connectivity index (χ3v) is 22.5. The SMILES string of the molecule is C[N+]1(CCOS(C)(=O)=O)CCCC1.C[N+]1(CCOS(C)(=O)=O)CCCC1.C[N+]1(CCOS(C)(=O)=O)CCCC1.C[N+]1(CCOS(C)(=O)=O)CCCC1.C[N+]1(CCOS(C)(=O)=O)CCCC1.C[N+]1(CCOS(C)(=O)=O)CCCC1.C[N+]1(CCOS(C)(=O)=O)CCCC1.O=C([O-])C(=O)[O-].O=C([O-])C(=O)[O-].[O-]B([O-])[O-]. The second-order valence-corrected chi connectivity index (χ2v) is 41.1. The minimum absolute atomic E-state index is 0.315. The molecule has 7 fully saturated rings. The highest BCUT2D eigenvalue weighted by atomic mass is 32.2. The number of rotatable bonds is 28. The van der Waals surface area contributed by atoms with Crippen LogP contribution in [0.5, 0.6) is 0 Å². The van der Waals surface area contributed by atoms with E-state index in [4.69, 9.17) is 84.0 Å². The average molecular weight is 1690 g/mol. The molecule has 0 atom stereocenters. The summed E-state index contributed by atoms with van der Waals surface area (Å²) in [5, 5.41) is 61.0. The molecule has 638 valence electrons. The molecule has 0 saturated carbocycles. The summed E-state index contributed by atoms with van der Waals surface area (Å²) in [6.45, 7) is 23.8. The molecule has 0 spiro atoms. The first-order valence-electron chi connectivity index (χ1n) is 35.0. The Balaban J connectivity index is -0.00000114. The van der Waals surface area contributed by atoms with Gasteiger partial charge in [0.25, 0.3) is 70.8 Å². The average Bonchev–Trinajstić information content (AvgIpc) is 1.82. The number of hydrogen-bond donors (Lipinski definition) is 0. The summed E-state index contributed by atoms with van der Waals surface area (Å²) in [7, 11) is -10.6. The molecule has 0 N–H and O–H groups in total. The van der Waals surface area contributed by atoms with Gasteiger partial charge in [0.15, 0.2) is 0 Å². The summed E-state index contributed by atoms with van der Waals surface area (Å²) in [5.41, 5.74) is 0. The minimum Gasteiger partial charge on any atom is -0.907 e. The Hall–Kier alpha value is -3.09. The molecule has 7 heterocycles. The molecule has 0 aromatic carbocycles.